The molecule has 0 aliphatic carbocycles. The number of hydrogen-bond donors (Lipinski definition) is 0. The van der Waals surface area contributed by atoms with Crippen LogP contribution in [0.15, 0.2) is 57.9 Å². The highest BCUT2D eigenvalue weighted by Gasteiger charge is 2.31. The van der Waals surface area contributed by atoms with Gasteiger partial charge in [0.1, 0.15) is 0 Å². The topological polar surface area (TPSA) is 76.3 Å². The molecule has 2 aromatic carbocycles. The normalized spacial score (nSPS) is 17.9. The van der Waals surface area contributed by atoms with E-state index < -0.39 is 10.0 Å². The second-order valence-corrected chi connectivity index (χ2v) is 9.84. The third kappa shape index (κ3) is 4.32. The Labute approximate surface area is 178 Å². The average molecular weight is 426 g/mol. The van der Waals surface area contributed by atoms with E-state index in [-0.39, 0.29) is 5.92 Å². The molecule has 0 radical (unpaired) electrons. The molecular formula is C23H27N3O3S. The first-order valence-electron chi connectivity index (χ1n) is 10.4. The van der Waals surface area contributed by atoms with Gasteiger partial charge in [0, 0.05) is 25.1 Å². The number of benzene rings is 2. The third-order valence-electron chi connectivity index (χ3n) is 5.77. The minimum absolute atomic E-state index is 0.161. The van der Waals surface area contributed by atoms with Crippen molar-refractivity contribution in [3.63, 3.8) is 0 Å². The molecule has 1 aromatic heterocycles. The van der Waals surface area contributed by atoms with Crippen LogP contribution in [0.3, 0.4) is 0 Å². The lowest BCUT2D eigenvalue weighted by molar-refractivity contribution is 0.247. The molecule has 0 bridgehead atoms. The second kappa shape index (κ2) is 8.70. The Kier molecular flexibility index (Phi) is 6.01. The second-order valence-electron chi connectivity index (χ2n) is 7.90. The highest BCUT2D eigenvalue weighted by Crippen LogP contribution is 2.27. The number of aryl methyl sites for hydroxylation is 2. The maximum atomic E-state index is 13.1. The number of nitrogens with zero attached hydrogens (tertiary/aromatic N) is 3. The SMILES string of the molecule is CCc1ccc(S(=O)(=O)N2CCCC(Cc3nc(-c4ccccc4C)no3)C2)cc1. The molecular weight excluding hydrogens is 398 g/mol. The Morgan fingerprint density at radius 2 is 1.90 bits per heavy atom. The first-order chi connectivity index (χ1) is 14.5. The molecule has 2 heterocycles. The molecule has 1 fully saturated rings. The molecule has 0 saturated carbocycles. The largest absolute Gasteiger partial charge is 0.339 e. The van der Waals surface area contributed by atoms with Gasteiger partial charge in [-0.3, -0.25) is 0 Å². The molecule has 7 heteroatoms. The van der Waals surface area contributed by atoms with E-state index in [2.05, 4.69) is 17.1 Å². The van der Waals surface area contributed by atoms with Crippen molar-refractivity contribution in [1.82, 2.24) is 14.4 Å². The summed E-state index contributed by atoms with van der Waals surface area (Å²) in [6.07, 6.45) is 3.25. The Morgan fingerprint density at radius 1 is 1.13 bits per heavy atom. The van der Waals surface area contributed by atoms with Crippen molar-refractivity contribution in [2.24, 2.45) is 5.92 Å². The van der Waals surface area contributed by atoms with E-state index in [1.807, 2.05) is 43.3 Å². The molecule has 1 saturated heterocycles. The van der Waals surface area contributed by atoms with Gasteiger partial charge in [-0.05, 0) is 55.4 Å². The smallest absolute Gasteiger partial charge is 0.243 e. The van der Waals surface area contributed by atoms with Crippen molar-refractivity contribution in [2.45, 2.75) is 44.4 Å². The van der Waals surface area contributed by atoms with Gasteiger partial charge in [0.15, 0.2) is 0 Å². The van der Waals surface area contributed by atoms with Gasteiger partial charge in [0.25, 0.3) is 0 Å². The quantitative estimate of drug-likeness (QED) is 0.590. The van der Waals surface area contributed by atoms with E-state index in [4.69, 9.17) is 4.52 Å². The Morgan fingerprint density at radius 3 is 2.63 bits per heavy atom. The maximum Gasteiger partial charge on any atom is 0.243 e. The minimum Gasteiger partial charge on any atom is -0.339 e. The van der Waals surface area contributed by atoms with Crippen LogP contribution in [-0.4, -0.2) is 36.0 Å². The van der Waals surface area contributed by atoms with E-state index in [0.29, 0.717) is 36.1 Å². The highest BCUT2D eigenvalue weighted by atomic mass is 32.2. The first-order valence-corrected chi connectivity index (χ1v) is 11.9. The van der Waals surface area contributed by atoms with Crippen LogP contribution in [-0.2, 0) is 22.9 Å². The molecule has 1 aliphatic rings. The zero-order valence-corrected chi connectivity index (χ0v) is 18.2. The molecule has 1 aliphatic heterocycles. The van der Waals surface area contributed by atoms with Gasteiger partial charge in [-0.15, -0.1) is 0 Å². The molecule has 3 aromatic rings. The van der Waals surface area contributed by atoms with Crippen LogP contribution in [0.25, 0.3) is 11.4 Å². The molecule has 1 unspecified atom stereocenters. The fourth-order valence-electron chi connectivity index (χ4n) is 3.98. The van der Waals surface area contributed by atoms with Crippen molar-refractivity contribution in [2.75, 3.05) is 13.1 Å². The van der Waals surface area contributed by atoms with Crippen molar-refractivity contribution in [1.29, 1.82) is 0 Å². The van der Waals surface area contributed by atoms with Gasteiger partial charge in [-0.25, -0.2) is 8.42 Å². The number of hydrogen-bond acceptors (Lipinski definition) is 5. The molecule has 6 nitrogen and oxygen atoms in total. The molecule has 0 spiro atoms. The summed E-state index contributed by atoms with van der Waals surface area (Å²) in [4.78, 5) is 4.92. The van der Waals surface area contributed by atoms with Crippen LogP contribution >= 0.6 is 0 Å². The van der Waals surface area contributed by atoms with Crippen LogP contribution in [0, 0.1) is 12.8 Å². The summed E-state index contributed by atoms with van der Waals surface area (Å²) in [7, 11) is -3.49. The minimum atomic E-state index is -3.49. The highest BCUT2D eigenvalue weighted by molar-refractivity contribution is 7.89. The number of piperidine rings is 1. The van der Waals surface area contributed by atoms with E-state index in [0.717, 1.165) is 36.0 Å². The maximum absolute atomic E-state index is 13.1. The fraction of sp³-hybridized carbons (Fsp3) is 0.391. The van der Waals surface area contributed by atoms with Crippen LogP contribution in [0.2, 0.25) is 0 Å². The van der Waals surface area contributed by atoms with Gasteiger partial charge in [0.2, 0.25) is 21.7 Å². The monoisotopic (exact) mass is 425 g/mol. The lowest BCUT2D eigenvalue weighted by atomic mass is 9.96. The van der Waals surface area contributed by atoms with Crippen molar-refractivity contribution in [3.05, 3.63) is 65.5 Å². The zero-order valence-electron chi connectivity index (χ0n) is 17.4. The van der Waals surface area contributed by atoms with E-state index >= 15 is 0 Å². The third-order valence-corrected chi connectivity index (χ3v) is 7.65. The van der Waals surface area contributed by atoms with Crippen LogP contribution in [0.4, 0.5) is 0 Å². The molecule has 1 atom stereocenters. The standard InChI is InChI=1S/C23H27N3O3S/c1-3-18-10-12-20(13-11-18)30(27,28)26-14-6-8-19(16-26)15-22-24-23(25-29-22)21-9-5-4-7-17(21)2/h4-5,7,9-13,19H,3,6,8,14-16H2,1-2H3. The number of aromatic nitrogens is 2. The molecule has 158 valence electrons. The summed E-state index contributed by atoms with van der Waals surface area (Å²) in [6, 6.07) is 15.1. The van der Waals surface area contributed by atoms with Crippen LogP contribution in [0.5, 0.6) is 0 Å². The summed E-state index contributed by atoms with van der Waals surface area (Å²) < 4.78 is 33.2. The van der Waals surface area contributed by atoms with E-state index in [1.54, 1.807) is 16.4 Å². The number of rotatable bonds is 6. The zero-order chi connectivity index (χ0) is 21.1. The summed E-state index contributed by atoms with van der Waals surface area (Å²) >= 11 is 0. The van der Waals surface area contributed by atoms with Gasteiger partial charge in [0.05, 0.1) is 4.90 Å². The fourth-order valence-corrected chi connectivity index (χ4v) is 5.53. The molecule has 0 amide bonds. The van der Waals surface area contributed by atoms with E-state index in [1.165, 1.54) is 0 Å². The molecule has 30 heavy (non-hydrogen) atoms. The predicted molar refractivity (Wildman–Crippen MR) is 115 cm³/mol. The van der Waals surface area contributed by atoms with Gasteiger partial charge < -0.3 is 4.52 Å². The van der Waals surface area contributed by atoms with Crippen molar-refractivity contribution >= 4 is 10.0 Å². The van der Waals surface area contributed by atoms with Gasteiger partial charge in [-0.2, -0.15) is 9.29 Å². The summed E-state index contributed by atoms with van der Waals surface area (Å²) in [5.41, 5.74) is 3.18. The lowest BCUT2D eigenvalue weighted by Gasteiger charge is -2.31. The van der Waals surface area contributed by atoms with Crippen molar-refractivity contribution < 1.29 is 12.9 Å². The van der Waals surface area contributed by atoms with Crippen molar-refractivity contribution in [3.8, 4) is 11.4 Å². The van der Waals surface area contributed by atoms with Gasteiger partial charge >= 0.3 is 0 Å². The Balaban J connectivity index is 1.46. The Bertz CT molecular complexity index is 1110. The first kappa shape index (κ1) is 20.8. The number of sulfonamides is 1. The molecule has 4 rings (SSSR count). The predicted octanol–water partition coefficient (Wildman–Crippen LogP) is 4.25. The summed E-state index contributed by atoms with van der Waals surface area (Å²) in [5, 5.41) is 4.13. The molecule has 0 N–H and O–H groups in total. The summed E-state index contributed by atoms with van der Waals surface area (Å²) in [6.45, 7) is 5.09. The van der Waals surface area contributed by atoms with Gasteiger partial charge in [-0.1, -0.05) is 48.5 Å². The summed E-state index contributed by atoms with van der Waals surface area (Å²) in [5.74, 6) is 1.30. The van der Waals surface area contributed by atoms with E-state index in [9.17, 15) is 8.42 Å². The lowest BCUT2D eigenvalue weighted by Crippen LogP contribution is -2.40. The average Bonchev–Trinajstić information content (AvgIpc) is 3.22. The van der Waals surface area contributed by atoms with Crippen LogP contribution < -0.4 is 0 Å². The van der Waals surface area contributed by atoms with Crippen LogP contribution in [0.1, 0.15) is 36.8 Å². The Hall–Kier alpha value is -2.51.